The average molecular weight is 636 g/mol. The fourth-order valence-corrected chi connectivity index (χ4v) is 6.17. The molecule has 1 aromatic heterocycles. The number of carbonyl (C=O) groups excluding carboxylic acids is 2. The second-order valence-electron chi connectivity index (χ2n) is 11.3. The Hall–Kier alpha value is -3.55. The molecular formula is C29H29ClF3N5O4S. The van der Waals surface area contributed by atoms with Crippen molar-refractivity contribution < 1.29 is 32.6 Å². The molecule has 2 aliphatic heterocycles. The first-order valence-electron chi connectivity index (χ1n) is 13.4. The molecule has 2 N–H and O–H groups in total. The number of aliphatic hydroxyl groups excluding tert-OH is 1. The Morgan fingerprint density at radius 2 is 2.00 bits per heavy atom. The van der Waals surface area contributed by atoms with E-state index in [1.807, 2.05) is 4.90 Å². The summed E-state index contributed by atoms with van der Waals surface area (Å²) in [6.07, 6.45) is -1.41. The first kappa shape index (κ1) is 30.9. The lowest BCUT2D eigenvalue weighted by Crippen LogP contribution is -2.41. The van der Waals surface area contributed by atoms with Gasteiger partial charge in [-0.15, -0.1) is 0 Å². The number of amidine groups is 1. The van der Waals surface area contributed by atoms with E-state index in [0.717, 1.165) is 6.07 Å². The minimum Gasteiger partial charge on any atom is -0.444 e. The van der Waals surface area contributed by atoms with Crippen molar-refractivity contribution in [2.75, 3.05) is 13.2 Å². The quantitative estimate of drug-likeness (QED) is 0.347. The monoisotopic (exact) mass is 635 g/mol. The van der Waals surface area contributed by atoms with Gasteiger partial charge in [-0.3, -0.25) is 9.48 Å². The predicted molar refractivity (Wildman–Crippen MR) is 159 cm³/mol. The third kappa shape index (κ3) is 7.16. The van der Waals surface area contributed by atoms with E-state index in [-0.39, 0.29) is 35.8 Å². The summed E-state index contributed by atoms with van der Waals surface area (Å²) in [7, 11) is 0. The van der Waals surface area contributed by atoms with Crippen LogP contribution in [0.15, 0.2) is 52.5 Å². The van der Waals surface area contributed by atoms with Crippen molar-refractivity contribution in [2.45, 2.75) is 57.6 Å². The summed E-state index contributed by atoms with van der Waals surface area (Å²) in [4.78, 5) is 31.4. The summed E-state index contributed by atoms with van der Waals surface area (Å²) < 4.78 is 47.5. The molecule has 14 heteroatoms. The average Bonchev–Trinajstić information content (AvgIpc) is 3.60. The van der Waals surface area contributed by atoms with Crippen molar-refractivity contribution in [1.82, 2.24) is 20.0 Å². The number of halogens is 4. The third-order valence-corrected chi connectivity index (χ3v) is 8.12. The molecule has 43 heavy (non-hydrogen) atoms. The number of aliphatic imine (C=N–C) groups is 1. The predicted octanol–water partition coefficient (Wildman–Crippen LogP) is 5.69. The standard InChI is InChI=1S/C29H29ClF3N5O4S/c1-28(2,3)42-27(41)35-20-11-21(15-39)37(14-20)26-36-25(40)24(43-26)9-16-4-7-23-18(8-16)12-34-38(23)13-17-5-6-19(30)10-22(17)29(31,32)33/h4-10,12,20-21,39H,11,13-15H2,1-3H3,(H,35,41)/b24-9-. The van der Waals surface area contributed by atoms with Crippen LogP contribution in [0.4, 0.5) is 18.0 Å². The molecule has 2 aliphatic rings. The number of fused-ring (bicyclic) bond motifs is 1. The van der Waals surface area contributed by atoms with Crippen LogP contribution < -0.4 is 5.32 Å². The molecule has 3 aromatic rings. The molecule has 0 spiro atoms. The zero-order valence-corrected chi connectivity index (χ0v) is 25.1. The number of thioether (sulfide) groups is 1. The second kappa shape index (κ2) is 11.9. The maximum Gasteiger partial charge on any atom is 0.416 e. The second-order valence-corrected chi connectivity index (χ2v) is 12.7. The Kier molecular flexibility index (Phi) is 8.52. The number of hydrogen-bond donors (Lipinski definition) is 2. The van der Waals surface area contributed by atoms with Crippen LogP contribution in [0.5, 0.6) is 0 Å². The minimum atomic E-state index is -4.56. The number of alkyl halides is 3. The lowest BCUT2D eigenvalue weighted by molar-refractivity contribution is -0.138. The van der Waals surface area contributed by atoms with E-state index in [4.69, 9.17) is 16.3 Å². The SMILES string of the molecule is CC(C)(C)OC(=O)NC1CC(CO)N(C2=NC(=O)/C(=C/c3ccc4c(cnn4Cc4ccc(Cl)cc4C(F)(F)F)c3)S2)C1. The highest BCUT2D eigenvalue weighted by molar-refractivity contribution is 8.18. The van der Waals surface area contributed by atoms with Gasteiger partial charge in [-0.25, -0.2) is 4.79 Å². The van der Waals surface area contributed by atoms with Crippen LogP contribution in [0.2, 0.25) is 5.02 Å². The van der Waals surface area contributed by atoms with Crippen LogP contribution >= 0.6 is 23.4 Å². The lowest BCUT2D eigenvalue weighted by Gasteiger charge is -2.23. The lowest BCUT2D eigenvalue weighted by atomic mass is 10.1. The van der Waals surface area contributed by atoms with Crippen molar-refractivity contribution in [3.63, 3.8) is 0 Å². The van der Waals surface area contributed by atoms with Crippen molar-refractivity contribution in [3.05, 3.63) is 69.2 Å². The van der Waals surface area contributed by atoms with Gasteiger partial charge in [0.2, 0.25) is 0 Å². The largest absolute Gasteiger partial charge is 0.444 e. The molecule has 0 aliphatic carbocycles. The van der Waals surface area contributed by atoms with Gasteiger partial charge in [-0.05, 0) is 80.4 Å². The first-order valence-corrected chi connectivity index (χ1v) is 14.6. The molecule has 2 unspecified atom stereocenters. The number of aliphatic hydroxyl groups is 1. The van der Waals surface area contributed by atoms with E-state index >= 15 is 0 Å². The summed E-state index contributed by atoms with van der Waals surface area (Å²) in [6.45, 7) is 5.38. The van der Waals surface area contributed by atoms with Gasteiger partial charge in [-0.1, -0.05) is 23.7 Å². The fourth-order valence-electron chi connectivity index (χ4n) is 5.01. The summed E-state index contributed by atoms with van der Waals surface area (Å²) in [5.41, 5.74) is -0.112. The molecule has 1 fully saturated rings. The Morgan fingerprint density at radius 3 is 2.70 bits per heavy atom. The summed E-state index contributed by atoms with van der Waals surface area (Å²) in [5.74, 6) is -0.432. The summed E-state index contributed by atoms with van der Waals surface area (Å²) in [6, 6.07) is 8.31. The topological polar surface area (TPSA) is 109 Å². The van der Waals surface area contributed by atoms with Gasteiger partial charge >= 0.3 is 12.3 Å². The van der Waals surface area contributed by atoms with Crippen LogP contribution in [0.3, 0.4) is 0 Å². The number of hydrogen-bond acceptors (Lipinski definition) is 7. The highest BCUT2D eigenvalue weighted by atomic mass is 35.5. The molecule has 3 heterocycles. The number of nitrogens with zero attached hydrogens (tertiary/aromatic N) is 4. The van der Waals surface area contributed by atoms with E-state index in [2.05, 4.69) is 15.4 Å². The number of amides is 2. The Balaban J connectivity index is 1.29. The molecule has 0 bridgehead atoms. The van der Waals surface area contributed by atoms with E-state index in [1.165, 1.54) is 28.6 Å². The molecule has 2 amide bonds. The number of rotatable bonds is 5. The van der Waals surface area contributed by atoms with Crippen molar-refractivity contribution >= 4 is 57.5 Å². The Bertz CT molecular complexity index is 1630. The van der Waals surface area contributed by atoms with E-state index in [9.17, 15) is 27.9 Å². The molecule has 5 rings (SSSR count). The van der Waals surface area contributed by atoms with E-state index in [0.29, 0.717) is 39.5 Å². The summed E-state index contributed by atoms with van der Waals surface area (Å²) >= 11 is 6.98. The zero-order valence-electron chi connectivity index (χ0n) is 23.5. The third-order valence-electron chi connectivity index (χ3n) is 6.86. The normalized spacial score (nSPS) is 20.3. The van der Waals surface area contributed by atoms with Gasteiger partial charge in [0.15, 0.2) is 5.17 Å². The highest BCUT2D eigenvalue weighted by Gasteiger charge is 2.38. The van der Waals surface area contributed by atoms with Gasteiger partial charge in [0.05, 0.1) is 47.4 Å². The van der Waals surface area contributed by atoms with E-state index < -0.39 is 29.3 Å². The van der Waals surface area contributed by atoms with Gasteiger partial charge in [0.1, 0.15) is 5.60 Å². The number of carbonyl (C=O) groups is 2. The maximum absolute atomic E-state index is 13.6. The molecule has 2 aromatic carbocycles. The van der Waals surface area contributed by atoms with Crippen LogP contribution in [-0.2, 0) is 22.3 Å². The van der Waals surface area contributed by atoms with Gasteiger partial charge in [-0.2, -0.15) is 23.3 Å². The van der Waals surface area contributed by atoms with Crippen molar-refractivity contribution in [1.29, 1.82) is 0 Å². The van der Waals surface area contributed by atoms with Gasteiger partial charge in [0.25, 0.3) is 5.91 Å². The van der Waals surface area contributed by atoms with Gasteiger partial charge in [0, 0.05) is 17.0 Å². The Morgan fingerprint density at radius 1 is 1.23 bits per heavy atom. The fraction of sp³-hybridized carbons (Fsp3) is 0.379. The molecule has 0 radical (unpaired) electrons. The molecule has 9 nitrogen and oxygen atoms in total. The van der Waals surface area contributed by atoms with Crippen LogP contribution in [0.25, 0.3) is 17.0 Å². The first-order chi connectivity index (χ1) is 20.2. The number of aromatic nitrogens is 2. The minimum absolute atomic E-state index is 0.000518. The number of nitrogens with one attached hydrogen (secondary N) is 1. The molecule has 1 saturated heterocycles. The molecule has 0 saturated carbocycles. The summed E-state index contributed by atoms with van der Waals surface area (Å²) in [5, 5.41) is 18.2. The van der Waals surface area contributed by atoms with Crippen molar-refractivity contribution in [3.8, 4) is 0 Å². The number of ether oxygens (including phenoxy) is 1. The number of alkyl carbamates (subject to hydrolysis) is 1. The van der Waals surface area contributed by atoms with Crippen LogP contribution in [0.1, 0.15) is 43.9 Å². The number of likely N-dealkylation sites (tertiary alicyclic amines) is 1. The highest BCUT2D eigenvalue weighted by Crippen LogP contribution is 2.36. The Labute approximate surface area is 254 Å². The number of benzene rings is 2. The molecular weight excluding hydrogens is 607 g/mol. The molecule has 2 atom stereocenters. The van der Waals surface area contributed by atoms with Crippen molar-refractivity contribution in [2.24, 2.45) is 4.99 Å². The van der Waals surface area contributed by atoms with Crippen LogP contribution in [0, 0.1) is 0 Å². The molecule has 228 valence electrons. The zero-order chi connectivity index (χ0) is 31.1. The smallest absolute Gasteiger partial charge is 0.416 e. The van der Waals surface area contributed by atoms with E-state index in [1.54, 1.807) is 51.2 Å². The maximum atomic E-state index is 13.6. The van der Waals surface area contributed by atoms with Crippen LogP contribution in [-0.4, -0.2) is 67.8 Å². The van der Waals surface area contributed by atoms with Gasteiger partial charge < -0.3 is 20.1 Å².